The third-order valence-electron chi connectivity index (χ3n) is 4.09. The summed E-state index contributed by atoms with van der Waals surface area (Å²) in [5.41, 5.74) is 3.52. The summed E-state index contributed by atoms with van der Waals surface area (Å²) in [5.74, 6) is 0.512. The second-order valence-corrected chi connectivity index (χ2v) is 6.75. The van der Waals surface area contributed by atoms with E-state index in [-0.39, 0.29) is 5.41 Å². The molecule has 0 bridgehead atoms. The molecular formula is C17H27NO. The molecular weight excluding hydrogens is 234 g/mol. The highest BCUT2D eigenvalue weighted by Gasteiger charge is 2.23. The molecule has 2 rings (SSSR count). The van der Waals surface area contributed by atoms with Crippen LogP contribution in [0.3, 0.4) is 0 Å². The van der Waals surface area contributed by atoms with Crippen molar-refractivity contribution in [3.05, 3.63) is 28.8 Å². The lowest BCUT2D eigenvalue weighted by molar-refractivity contribution is 0.435. The summed E-state index contributed by atoms with van der Waals surface area (Å²) in [6, 6.07) is 4.89. The molecule has 1 aliphatic rings. The van der Waals surface area contributed by atoms with Gasteiger partial charge in [0.25, 0.3) is 0 Å². The van der Waals surface area contributed by atoms with E-state index in [4.69, 9.17) is 0 Å². The number of hydrogen-bond acceptors (Lipinski definition) is 2. The van der Waals surface area contributed by atoms with Crippen molar-refractivity contribution >= 4 is 0 Å². The molecule has 1 aliphatic heterocycles. The van der Waals surface area contributed by atoms with Crippen LogP contribution in [0.2, 0.25) is 0 Å². The van der Waals surface area contributed by atoms with Crippen LogP contribution in [0.4, 0.5) is 0 Å². The molecule has 1 aromatic carbocycles. The molecule has 106 valence electrons. The van der Waals surface area contributed by atoms with Gasteiger partial charge in [-0.05, 0) is 54.3 Å². The molecule has 0 saturated carbocycles. The molecule has 0 aromatic heterocycles. The molecule has 1 fully saturated rings. The summed E-state index contributed by atoms with van der Waals surface area (Å²) in [6.07, 6.45) is 4.45. The first-order valence-electron chi connectivity index (χ1n) is 7.50. The number of benzene rings is 1. The molecule has 2 N–H and O–H groups in total. The highest BCUT2D eigenvalue weighted by molar-refractivity contribution is 5.47. The van der Waals surface area contributed by atoms with Crippen molar-refractivity contribution in [2.24, 2.45) is 0 Å². The van der Waals surface area contributed by atoms with Crippen LogP contribution in [-0.4, -0.2) is 17.7 Å². The molecule has 0 amide bonds. The highest BCUT2D eigenvalue weighted by Crippen LogP contribution is 2.35. The summed E-state index contributed by atoms with van der Waals surface area (Å²) < 4.78 is 0. The number of nitrogens with one attached hydrogen (secondary N) is 1. The number of phenols is 1. The van der Waals surface area contributed by atoms with Gasteiger partial charge in [-0.3, -0.25) is 0 Å². The van der Waals surface area contributed by atoms with Gasteiger partial charge in [-0.1, -0.05) is 39.8 Å². The van der Waals surface area contributed by atoms with Crippen molar-refractivity contribution < 1.29 is 5.11 Å². The van der Waals surface area contributed by atoms with E-state index in [2.05, 4.69) is 45.1 Å². The Hall–Kier alpha value is -1.02. The van der Waals surface area contributed by atoms with Crippen molar-refractivity contribution in [1.82, 2.24) is 5.32 Å². The van der Waals surface area contributed by atoms with E-state index >= 15 is 0 Å². The minimum atomic E-state index is -0.00683. The maximum atomic E-state index is 10.6. The van der Waals surface area contributed by atoms with Crippen LogP contribution in [0.5, 0.6) is 5.75 Å². The van der Waals surface area contributed by atoms with Gasteiger partial charge in [-0.25, -0.2) is 0 Å². The lowest BCUT2D eigenvalue weighted by Crippen LogP contribution is -2.24. The SMILES string of the molecule is CCc1cc(CC2CCCN2)c(O)c(C(C)(C)C)c1. The van der Waals surface area contributed by atoms with E-state index in [0.29, 0.717) is 11.8 Å². The van der Waals surface area contributed by atoms with Crippen LogP contribution >= 0.6 is 0 Å². The third kappa shape index (κ3) is 3.30. The predicted molar refractivity (Wildman–Crippen MR) is 80.9 cm³/mol. The minimum Gasteiger partial charge on any atom is -0.507 e. The van der Waals surface area contributed by atoms with Crippen molar-refractivity contribution in [1.29, 1.82) is 0 Å². The second-order valence-electron chi connectivity index (χ2n) is 6.75. The zero-order valence-electron chi connectivity index (χ0n) is 12.7. The van der Waals surface area contributed by atoms with E-state index in [1.807, 2.05) is 0 Å². The standard InChI is InChI=1S/C17H27NO/c1-5-12-9-13(11-14-7-6-8-18-14)16(19)15(10-12)17(2,3)4/h9-10,14,18-19H,5-8,11H2,1-4H3. The molecule has 1 aromatic rings. The molecule has 19 heavy (non-hydrogen) atoms. The Morgan fingerprint density at radius 1 is 1.32 bits per heavy atom. The maximum absolute atomic E-state index is 10.6. The molecule has 0 spiro atoms. The largest absolute Gasteiger partial charge is 0.507 e. The number of aromatic hydroxyl groups is 1. The third-order valence-corrected chi connectivity index (χ3v) is 4.09. The first-order chi connectivity index (χ1) is 8.91. The Bertz CT molecular complexity index is 439. The summed E-state index contributed by atoms with van der Waals surface area (Å²) in [5, 5.41) is 14.1. The number of aryl methyl sites for hydroxylation is 1. The van der Waals surface area contributed by atoms with E-state index < -0.39 is 0 Å². The zero-order valence-corrected chi connectivity index (χ0v) is 12.7. The monoisotopic (exact) mass is 261 g/mol. The highest BCUT2D eigenvalue weighted by atomic mass is 16.3. The molecule has 1 saturated heterocycles. The van der Waals surface area contributed by atoms with E-state index in [9.17, 15) is 5.11 Å². The average molecular weight is 261 g/mol. The van der Waals surface area contributed by atoms with E-state index in [1.54, 1.807) is 0 Å². The first kappa shape index (κ1) is 14.4. The van der Waals surface area contributed by atoms with Gasteiger partial charge >= 0.3 is 0 Å². The Kier molecular flexibility index (Phi) is 4.19. The lowest BCUT2D eigenvalue weighted by atomic mass is 9.83. The van der Waals surface area contributed by atoms with Gasteiger partial charge in [-0.15, -0.1) is 0 Å². The van der Waals surface area contributed by atoms with Gasteiger partial charge in [0.15, 0.2) is 0 Å². The second kappa shape index (κ2) is 5.54. The molecule has 2 heteroatoms. The summed E-state index contributed by atoms with van der Waals surface area (Å²) in [6.45, 7) is 9.79. The van der Waals surface area contributed by atoms with Gasteiger partial charge in [0.1, 0.15) is 5.75 Å². The molecule has 1 heterocycles. The first-order valence-corrected chi connectivity index (χ1v) is 7.50. The lowest BCUT2D eigenvalue weighted by Gasteiger charge is -2.24. The van der Waals surface area contributed by atoms with Crippen LogP contribution in [0.1, 0.15) is 57.2 Å². The number of hydrogen-bond donors (Lipinski definition) is 2. The van der Waals surface area contributed by atoms with E-state index in [1.165, 1.54) is 18.4 Å². The Labute approximate surface area is 117 Å². The molecule has 1 atom stereocenters. The van der Waals surface area contributed by atoms with Crippen molar-refractivity contribution in [2.75, 3.05) is 6.54 Å². The smallest absolute Gasteiger partial charge is 0.122 e. The fourth-order valence-electron chi connectivity index (χ4n) is 2.89. The zero-order chi connectivity index (χ0) is 14.0. The van der Waals surface area contributed by atoms with Gasteiger partial charge < -0.3 is 10.4 Å². The van der Waals surface area contributed by atoms with Crippen LogP contribution in [0, 0.1) is 0 Å². The number of rotatable bonds is 3. The van der Waals surface area contributed by atoms with Crippen molar-refractivity contribution in [3.8, 4) is 5.75 Å². The maximum Gasteiger partial charge on any atom is 0.122 e. The summed E-state index contributed by atoms with van der Waals surface area (Å²) >= 11 is 0. The molecule has 1 unspecified atom stereocenters. The molecule has 2 nitrogen and oxygen atoms in total. The summed E-state index contributed by atoms with van der Waals surface area (Å²) in [7, 11) is 0. The Morgan fingerprint density at radius 2 is 2.05 bits per heavy atom. The van der Waals surface area contributed by atoms with Gasteiger partial charge in [0.05, 0.1) is 0 Å². The summed E-state index contributed by atoms with van der Waals surface area (Å²) in [4.78, 5) is 0. The Balaban J connectivity index is 2.35. The van der Waals surface area contributed by atoms with Crippen LogP contribution < -0.4 is 5.32 Å². The van der Waals surface area contributed by atoms with Gasteiger partial charge in [0, 0.05) is 6.04 Å². The van der Waals surface area contributed by atoms with Gasteiger partial charge in [0.2, 0.25) is 0 Å². The van der Waals surface area contributed by atoms with Crippen LogP contribution in [0.15, 0.2) is 12.1 Å². The van der Waals surface area contributed by atoms with Crippen molar-refractivity contribution in [2.45, 2.75) is 64.8 Å². The van der Waals surface area contributed by atoms with Crippen molar-refractivity contribution in [3.63, 3.8) is 0 Å². The average Bonchev–Trinajstić information content (AvgIpc) is 2.83. The van der Waals surface area contributed by atoms with E-state index in [0.717, 1.165) is 30.5 Å². The van der Waals surface area contributed by atoms with Crippen LogP contribution in [0.25, 0.3) is 0 Å². The fraction of sp³-hybridized carbons (Fsp3) is 0.647. The normalized spacial score (nSPS) is 19.9. The van der Waals surface area contributed by atoms with Crippen LogP contribution in [-0.2, 0) is 18.3 Å². The Morgan fingerprint density at radius 3 is 2.58 bits per heavy atom. The molecule has 0 aliphatic carbocycles. The topological polar surface area (TPSA) is 32.3 Å². The quantitative estimate of drug-likeness (QED) is 0.872. The van der Waals surface area contributed by atoms with Gasteiger partial charge in [-0.2, -0.15) is 0 Å². The fourth-order valence-corrected chi connectivity index (χ4v) is 2.89. The predicted octanol–water partition coefficient (Wildman–Crippen LogP) is 3.55. The number of phenolic OH excluding ortho intramolecular Hbond substituents is 1. The minimum absolute atomic E-state index is 0.00683. The molecule has 0 radical (unpaired) electrons.